The van der Waals surface area contributed by atoms with Gasteiger partial charge in [0, 0.05) is 6.42 Å². The van der Waals surface area contributed by atoms with Crippen LogP contribution in [-0.2, 0) is 4.79 Å². The highest BCUT2D eigenvalue weighted by Crippen LogP contribution is 2.38. The average Bonchev–Trinajstić information content (AvgIpc) is 2.56. The van der Waals surface area contributed by atoms with Crippen molar-refractivity contribution in [2.45, 2.75) is 64.7 Å². The molecule has 0 aromatic rings. The number of rotatable bonds is 1. The van der Waals surface area contributed by atoms with Crippen molar-refractivity contribution in [2.75, 3.05) is 0 Å². The van der Waals surface area contributed by atoms with Crippen LogP contribution in [0.5, 0.6) is 0 Å². The van der Waals surface area contributed by atoms with E-state index in [9.17, 15) is 4.79 Å². The normalized spacial score (nSPS) is 28.3. The molecule has 1 saturated carbocycles. The predicted octanol–water partition coefficient (Wildman–Crippen LogP) is 4.03. The largest absolute Gasteiger partial charge is 0.295 e. The number of fused-ring (bicyclic) bond motifs is 1. The first-order valence-electron chi connectivity index (χ1n) is 6.58. The van der Waals surface area contributed by atoms with Crippen molar-refractivity contribution in [2.24, 2.45) is 5.92 Å². The second-order valence-electron chi connectivity index (χ2n) is 4.99. The van der Waals surface area contributed by atoms with Crippen LogP contribution in [0.2, 0.25) is 0 Å². The fraction of sp³-hybridized carbons (Fsp3) is 0.786. The molecule has 0 aromatic carbocycles. The number of carbonyl (C=O) groups is 1. The van der Waals surface area contributed by atoms with Gasteiger partial charge in [-0.05, 0) is 37.2 Å². The molecule has 0 bridgehead atoms. The van der Waals surface area contributed by atoms with E-state index >= 15 is 0 Å². The van der Waals surface area contributed by atoms with Crippen LogP contribution >= 0.6 is 0 Å². The van der Waals surface area contributed by atoms with E-state index in [-0.39, 0.29) is 0 Å². The van der Waals surface area contributed by atoms with Crippen molar-refractivity contribution in [1.29, 1.82) is 0 Å². The van der Waals surface area contributed by atoms with E-state index in [4.69, 9.17) is 0 Å². The van der Waals surface area contributed by atoms with Crippen LogP contribution in [0, 0.1) is 5.92 Å². The molecule has 84 valence electrons. The Kier molecular flexibility index (Phi) is 3.61. The lowest BCUT2D eigenvalue weighted by molar-refractivity contribution is -0.115. The van der Waals surface area contributed by atoms with Gasteiger partial charge in [-0.3, -0.25) is 4.79 Å². The molecule has 1 atom stereocenters. The lowest BCUT2D eigenvalue weighted by atomic mass is 9.92. The van der Waals surface area contributed by atoms with E-state index in [0.717, 1.165) is 12.8 Å². The summed E-state index contributed by atoms with van der Waals surface area (Å²) in [6, 6.07) is 0. The Bertz CT molecular complexity index is 275. The fourth-order valence-corrected chi connectivity index (χ4v) is 3.19. The van der Waals surface area contributed by atoms with Crippen molar-refractivity contribution in [1.82, 2.24) is 0 Å². The van der Waals surface area contributed by atoms with E-state index in [1.165, 1.54) is 50.5 Å². The quantitative estimate of drug-likeness (QED) is 0.633. The average molecular weight is 206 g/mol. The summed E-state index contributed by atoms with van der Waals surface area (Å²) in [4.78, 5) is 11.8. The SMILES string of the molecule is CCC1=C2CCCCCCCC2CC1=O. The molecule has 1 heteroatoms. The van der Waals surface area contributed by atoms with Gasteiger partial charge in [0.1, 0.15) is 0 Å². The molecule has 1 nitrogen and oxygen atoms in total. The summed E-state index contributed by atoms with van der Waals surface area (Å²) >= 11 is 0. The van der Waals surface area contributed by atoms with Crippen LogP contribution in [0.1, 0.15) is 64.7 Å². The van der Waals surface area contributed by atoms with Gasteiger partial charge in [0.05, 0.1) is 0 Å². The Balaban J connectivity index is 2.17. The second kappa shape index (κ2) is 4.96. The van der Waals surface area contributed by atoms with E-state index < -0.39 is 0 Å². The fourth-order valence-electron chi connectivity index (χ4n) is 3.19. The first-order valence-corrected chi connectivity index (χ1v) is 6.58. The maximum Gasteiger partial charge on any atom is 0.159 e. The van der Waals surface area contributed by atoms with Crippen LogP contribution < -0.4 is 0 Å². The van der Waals surface area contributed by atoms with Crippen LogP contribution in [0.25, 0.3) is 0 Å². The zero-order chi connectivity index (χ0) is 10.7. The Morgan fingerprint density at radius 1 is 1.13 bits per heavy atom. The Labute approximate surface area is 92.9 Å². The molecule has 0 spiro atoms. The van der Waals surface area contributed by atoms with E-state index in [0.29, 0.717) is 11.7 Å². The molecule has 1 fully saturated rings. The molecule has 2 aliphatic carbocycles. The minimum atomic E-state index is 0.457. The minimum Gasteiger partial charge on any atom is -0.295 e. The van der Waals surface area contributed by atoms with Gasteiger partial charge in [-0.15, -0.1) is 0 Å². The number of hydrogen-bond acceptors (Lipinski definition) is 1. The monoisotopic (exact) mass is 206 g/mol. The molecule has 0 amide bonds. The molecular weight excluding hydrogens is 184 g/mol. The molecule has 0 saturated heterocycles. The molecule has 2 aliphatic rings. The van der Waals surface area contributed by atoms with Crippen LogP contribution in [0.4, 0.5) is 0 Å². The highest BCUT2D eigenvalue weighted by atomic mass is 16.1. The van der Waals surface area contributed by atoms with E-state index in [1.54, 1.807) is 5.57 Å². The first kappa shape index (κ1) is 10.9. The summed E-state index contributed by atoms with van der Waals surface area (Å²) < 4.78 is 0. The topological polar surface area (TPSA) is 17.1 Å². The summed E-state index contributed by atoms with van der Waals surface area (Å²) in [5, 5.41) is 0. The highest BCUT2D eigenvalue weighted by Gasteiger charge is 2.30. The van der Waals surface area contributed by atoms with Crippen molar-refractivity contribution in [3.05, 3.63) is 11.1 Å². The molecule has 0 heterocycles. The Morgan fingerprint density at radius 3 is 2.67 bits per heavy atom. The number of hydrogen-bond donors (Lipinski definition) is 0. The van der Waals surface area contributed by atoms with E-state index in [1.807, 2.05) is 0 Å². The second-order valence-corrected chi connectivity index (χ2v) is 4.99. The van der Waals surface area contributed by atoms with Crippen molar-refractivity contribution in [3.8, 4) is 0 Å². The maximum absolute atomic E-state index is 11.8. The Morgan fingerprint density at radius 2 is 1.87 bits per heavy atom. The van der Waals surface area contributed by atoms with Gasteiger partial charge in [-0.25, -0.2) is 0 Å². The lowest BCUT2D eigenvalue weighted by Crippen LogP contribution is -2.00. The Hall–Kier alpha value is -0.590. The van der Waals surface area contributed by atoms with Crippen LogP contribution in [0.3, 0.4) is 0 Å². The standard InChI is InChI=1S/C14H22O/c1-2-12-13-9-7-5-3-4-6-8-11(13)10-14(12)15/h11H,2-10H2,1H3. The number of allylic oxidation sites excluding steroid dienone is 2. The van der Waals surface area contributed by atoms with Crippen molar-refractivity contribution >= 4 is 5.78 Å². The number of carbonyl (C=O) groups excluding carboxylic acids is 1. The van der Waals surface area contributed by atoms with Gasteiger partial charge < -0.3 is 0 Å². The molecule has 1 unspecified atom stereocenters. The van der Waals surface area contributed by atoms with E-state index in [2.05, 4.69) is 6.92 Å². The van der Waals surface area contributed by atoms with Crippen molar-refractivity contribution in [3.63, 3.8) is 0 Å². The first-order chi connectivity index (χ1) is 7.33. The summed E-state index contributed by atoms with van der Waals surface area (Å²) in [5.74, 6) is 1.09. The maximum atomic E-state index is 11.8. The smallest absolute Gasteiger partial charge is 0.159 e. The number of Topliss-reactive ketones (excluding diaryl/α,β-unsaturated/α-hetero) is 1. The lowest BCUT2D eigenvalue weighted by Gasteiger charge is -2.12. The van der Waals surface area contributed by atoms with Gasteiger partial charge in [-0.1, -0.05) is 38.2 Å². The third kappa shape index (κ3) is 2.32. The van der Waals surface area contributed by atoms with Gasteiger partial charge in [0.2, 0.25) is 0 Å². The molecule has 0 aliphatic heterocycles. The number of ketones is 1. The van der Waals surface area contributed by atoms with Gasteiger partial charge in [0.25, 0.3) is 0 Å². The third-order valence-corrected chi connectivity index (χ3v) is 4.00. The van der Waals surface area contributed by atoms with Gasteiger partial charge in [0.15, 0.2) is 5.78 Å². The van der Waals surface area contributed by atoms with Crippen molar-refractivity contribution < 1.29 is 4.79 Å². The minimum absolute atomic E-state index is 0.457. The zero-order valence-corrected chi connectivity index (χ0v) is 9.85. The zero-order valence-electron chi connectivity index (χ0n) is 9.85. The molecule has 0 aromatic heterocycles. The molecule has 15 heavy (non-hydrogen) atoms. The summed E-state index contributed by atoms with van der Waals surface area (Å²) in [7, 11) is 0. The molecule has 0 N–H and O–H groups in total. The van der Waals surface area contributed by atoms with Crippen LogP contribution in [0.15, 0.2) is 11.1 Å². The summed E-state index contributed by atoms with van der Waals surface area (Å²) in [6.45, 7) is 2.13. The summed E-state index contributed by atoms with van der Waals surface area (Å²) in [6.07, 6.45) is 11.0. The summed E-state index contributed by atoms with van der Waals surface area (Å²) in [5.41, 5.74) is 2.74. The molecular formula is C14H22O. The molecule has 0 radical (unpaired) electrons. The predicted molar refractivity (Wildman–Crippen MR) is 62.8 cm³/mol. The van der Waals surface area contributed by atoms with Gasteiger partial charge in [-0.2, -0.15) is 0 Å². The molecule has 2 rings (SSSR count). The highest BCUT2D eigenvalue weighted by molar-refractivity contribution is 5.99. The third-order valence-electron chi connectivity index (χ3n) is 4.00. The van der Waals surface area contributed by atoms with Crippen LogP contribution in [-0.4, -0.2) is 5.78 Å². The van der Waals surface area contributed by atoms with Gasteiger partial charge >= 0.3 is 0 Å².